The fourth-order valence-electron chi connectivity index (χ4n) is 3.34. The Hall–Kier alpha value is -1.99. The third-order valence-corrected chi connectivity index (χ3v) is 5.47. The summed E-state index contributed by atoms with van der Waals surface area (Å²) in [6.45, 7) is 5.12. The SMILES string of the molecule is Cc1cnn(C[C@H]2CCCN2Cc2csc(-c3cnn(C)c3)n2)c1. The van der Waals surface area contributed by atoms with Crippen molar-refractivity contribution < 1.29 is 0 Å². The summed E-state index contributed by atoms with van der Waals surface area (Å²) in [5, 5.41) is 11.9. The zero-order chi connectivity index (χ0) is 16.5. The number of rotatable bonds is 5. The molecule has 0 amide bonds. The quantitative estimate of drug-likeness (QED) is 0.715. The molecule has 1 saturated heterocycles. The van der Waals surface area contributed by atoms with Crippen LogP contribution >= 0.6 is 11.3 Å². The summed E-state index contributed by atoms with van der Waals surface area (Å²) in [4.78, 5) is 7.34. The Morgan fingerprint density at radius 2 is 2.17 bits per heavy atom. The Morgan fingerprint density at radius 1 is 1.25 bits per heavy atom. The molecule has 1 aliphatic rings. The molecule has 0 bridgehead atoms. The second-order valence-corrected chi connectivity index (χ2v) is 7.41. The van der Waals surface area contributed by atoms with Gasteiger partial charge in [-0.3, -0.25) is 14.3 Å². The van der Waals surface area contributed by atoms with Crippen molar-refractivity contribution >= 4 is 11.3 Å². The minimum atomic E-state index is 0.549. The molecule has 0 aromatic carbocycles. The summed E-state index contributed by atoms with van der Waals surface area (Å²) >= 11 is 1.70. The highest BCUT2D eigenvalue weighted by Crippen LogP contribution is 2.26. The van der Waals surface area contributed by atoms with E-state index in [1.165, 1.54) is 18.4 Å². The topological polar surface area (TPSA) is 51.8 Å². The van der Waals surface area contributed by atoms with Gasteiger partial charge < -0.3 is 0 Å². The minimum absolute atomic E-state index is 0.549. The smallest absolute Gasteiger partial charge is 0.126 e. The van der Waals surface area contributed by atoms with E-state index < -0.39 is 0 Å². The molecule has 24 heavy (non-hydrogen) atoms. The second-order valence-electron chi connectivity index (χ2n) is 6.55. The van der Waals surface area contributed by atoms with Gasteiger partial charge in [0.2, 0.25) is 0 Å². The van der Waals surface area contributed by atoms with Crippen molar-refractivity contribution in [1.82, 2.24) is 29.4 Å². The highest BCUT2D eigenvalue weighted by atomic mass is 32.1. The summed E-state index contributed by atoms with van der Waals surface area (Å²) in [5.74, 6) is 0. The van der Waals surface area contributed by atoms with Crippen molar-refractivity contribution in [1.29, 1.82) is 0 Å². The lowest BCUT2D eigenvalue weighted by Crippen LogP contribution is -2.32. The first kappa shape index (κ1) is 15.5. The highest BCUT2D eigenvalue weighted by Gasteiger charge is 2.25. The van der Waals surface area contributed by atoms with Crippen molar-refractivity contribution in [2.45, 2.75) is 38.9 Å². The fourth-order valence-corrected chi connectivity index (χ4v) is 4.13. The van der Waals surface area contributed by atoms with Gasteiger partial charge in [-0.25, -0.2) is 4.98 Å². The molecule has 4 heterocycles. The van der Waals surface area contributed by atoms with Crippen LogP contribution in [0.25, 0.3) is 10.6 Å². The number of thiazole rings is 1. The van der Waals surface area contributed by atoms with Crippen LogP contribution in [0.4, 0.5) is 0 Å². The zero-order valence-electron chi connectivity index (χ0n) is 14.1. The summed E-state index contributed by atoms with van der Waals surface area (Å²) in [6, 6.07) is 0.549. The summed E-state index contributed by atoms with van der Waals surface area (Å²) in [5.41, 5.74) is 3.47. The predicted molar refractivity (Wildman–Crippen MR) is 94.7 cm³/mol. The highest BCUT2D eigenvalue weighted by molar-refractivity contribution is 7.13. The van der Waals surface area contributed by atoms with Crippen LogP contribution in [0.3, 0.4) is 0 Å². The van der Waals surface area contributed by atoms with Crippen LogP contribution in [0.5, 0.6) is 0 Å². The van der Waals surface area contributed by atoms with Crippen molar-refractivity contribution in [3.05, 3.63) is 41.4 Å². The van der Waals surface area contributed by atoms with E-state index in [0.717, 1.165) is 35.9 Å². The van der Waals surface area contributed by atoms with Gasteiger partial charge in [-0.15, -0.1) is 11.3 Å². The average molecular weight is 342 g/mol. The van der Waals surface area contributed by atoms with E-state index in [1.54, 1.807) is 11.3 Å². The summed E-state index contributed by atoms with van der Waals surface area (Å²) in [6.07, 6.45) is 10.4. The van der Waals surface area contributed by atoms with E-state index in [9.17, 15) is 0 Å². The molecule has 1 aliphatic heterocycles. The van der Waals surface area contributed by atoms with Crippen LogP contribution in [0.15, 0.2) is 30.2 Å². The van der Waals surface area contributed by atoms with Crippen molar-refractivity contribution in [2.75, 3.05) is 6.54 Å². The van der Waals surface area contributed by atoms with E-state index in [2.05, 4.69) is 38.3 Å². The maximum atomic E-state index is 4.80. The summed E-state index contributed by atoms with van der Waals surface area (Å²) in [7, 11) is 1.93. The van der Waals surface area contributed by atoms with E-state index >= 15 is 0 Å². The van der Waals surface area contributed by atoms with Crippen LogP contribution in [-0.4, -0.2) is 42.0 Å². The van der Waals surface area contributed by atoms with E-state index in [0.29, 0.717) is 6.04 Å². The third kappa shape index (κ3) is 3.27. The van der Waals surface area contributed by atoms with Gasteiger partial charge in [-0.1, -0.05) is 0 Å². The van der Waals surface area contributed by atoms with Crippen LogP contribution in [0.2, 0.25) is 0 Å². The molecule has 1 atom stereocenters. The molecule has 0 saturated carbocycles. The molecule has 4 rings (SSSR count). The van der Waals surface area contributed by atoms with Gasteiger partial charge in [0.1, 0.15) is 5.01 Å². The Labute approximate surface area is 145 Å². The molecule has 7 heteroatoms. The Balaban J connectivity index is 1.43. The first-order chi connectivity index (χ1) is 11.7. The van der Waals surface area contributed by atoms with E-state index in [1.807, 2.05) is 30.3 Å². The molecule has 126 valence electrons. The number of aryl methyl sites for hydroxylation is 2. The van der Waals surface area contributed by atoms with E-state index in [-0.39, 0.29) is 0 Å². The third-order valence-electron chi connectivity index (χ3n) is 4.53. The van der Waals surface area contributed by atoms with Crippen molar-refractivity contribution in [3.8, 4) is 10.6 Å². The fraction of sp³-hybridized carbons (Fsp3) is 0.471. The van der Waals surface area contributed by atoms with Gasteiger partial charge in [-0.05, 0) is 31.9 Å². The molecule has 0 spiro atoms. The molecule has 6 nitrogen and oxygen atoms in total. The lowest BCUT2D eigenvalue weighted by molar-refractivity contribution is 0.217. The van der Waals surface area contributed by atoms with Gasteiger partial charge >= 0.3 is 0 Å². The molecule has 3 aromatic heterocycles. The van der Waals surface area contributed by atoms with Gasteiger partial charge in [-0.2, -0.15) is 10.2 Å². The first-order valence-corrected chi connectivity index (χ1v) is 9.22. The Morgan fingerprint density at radius 3 is 2.92 bits per heavy atom. The lowest BCUT2D eigenvalue weighted by atomic mass is 10.2. The minimum Gasteiger partial charge on any atom is -0.293 e. The maximum absolute atomic E-state index is 4.80. The monoisotopic (exact) mass is 342 g/mol. The van der Waals surface area contributed by atoms with E-state index in [4.69, 9.17) is 4.98 Å². The normalized spacial score (nSPS) is 18.5. The Bertz CT molecular complexity index is 817. The Kier molecular flexibility index (Phi) is 4.20. The van der Waals surface area contributed by atoms with Crippen molar-refractivity contribution in [2.24, 2.45) is 7.05 Å². The van der Waals surface area contributed by atoms with Crippen LogP contribution < -0.4 is 0 Å². The van der Waals surface area contributed by atoms with Crippen LogP contribution in [-0.2, 0) is 20.1 Å². The summed E-state index contributed by atoms with van der Waals surface area (Å²) < 4.78 is 3.89. The molecular formula is C17H22N6S. The van der Waals surface area contributed by atoms with Crippen LogP contribution in [0.1, 0.15) is 24.1 Å². The molecule has 0 aliphatic carbocycles. The lowest BCUT2D eigenvalue weighted by Gasteiger charge is -2.23. The first-order valence-electron chi connectivity index (χ1n) is 8.34. The molecule has 0 unspecified atom stereocenters. The molecular weight excluding hydrogens is 320 g/mol. The van der Waals surface area contributed by atoms with Gasteiger partial charge in [0.15, 0.2) is 0 Å². The number of likely N-dealkylation sites (tertiary alicyclic amines) is 1. The largest absolute Gasteiger partial charge is 0.293 e. The number of hydrogen-bond donors (Lipinski definition) is 0. The van der Waals surface area contributed by atoms with Crippen molar-refractivity contribution in [3.63, 3.8) is 0 Å². The molecule has 3 aromatic rings. The molecule has 0 N–H and O–H groups in total. The number of aromatic nitrogens is 5. The number of nitrogens with zero attached hydrogens (tertiary/aromatic N) is 6. The molecule has 1 fully saturated rings. The molecule has 0 radical (unpaired) electrons. The predicted octanol–water partition coefficient (Wildman–Crippen LogP) is 2.71. The average Bonchev–Trinajstić information content (AvgIpc) is 3.31. The zero-order valence-corrected chi connectivity index (χ0v) is 14.9. The second kappa shape index (κ2) is 6.49. The van der Waals surface area contributed by atoms with Gasteiger partial charge in [0.25, 0.3) is 0 Å². The van der Waals surface area contributed by atoms with Gasteiger partial charge in [0.05, 0.1) is 24.6 Å². The maximum Gasteiger partial charge on any atom is 0.126 e. The van der Waals surface area contributed by atoms with Crippen LogP contribution in [0, 0.1) is 6.92 Å². The number of hydrogen-bond acceptors (Lipinski definition) is 5. The standard InChI is InChI=1S/C17H22N6S/c1-13-6-19-23(8-13)11-16-4-3-5-22(16)10-15-12-24-17(20-15)14-7-18-21(2)9-14/h6-9,12,16H,3-5,10-11H2,1-2H3/t16-/m1/s1. The van der Waals surface area contributed by atoms with Gasteiger partial charge in [0, 0.05) is 43.0 Å².